The largest absolute Gasteiger partial charge is 0.573 e. The molecule has 0 fully saturated rings. The van der Waals surface area contributed by atoms with Gasteiger partial charge in [-0.1, -0.05) is 24.6 Å². The van der Waals surface area contributed by atoms with Gasteiger partial charge < -0.3 is 29.4 Å². The SMILES string of the molecule is COc1cc(NC(C(=O)n2ccc3ccc(OC(F)(F)F)cc32)c2ccc(Cl)cc2OC)cc(OCCC(C)C(=O)O)c1. The highest BCUT2D eigenvalue weighted by Gasteiger charge is 2.32. The molecule has 0 spiro atoms. The lowest BCUT2D eigenvalue weighted by atomic mass is 10.0. The Bertz CT molecular complexity index is 1620. The molecule has 2 N–H and O–H groups in total. The molecule has 0 bridgehead atoms. The fourth-order valence-corrected chi connectivity index (χ4v) is 4.49. The molecule has 3 aromatic carbocycles. The zero-order chi connectivity index (χ0) is 31.3. The first-order chi connectivity index (χ1) is 20.4. The monoisotopic (exact) mass is 620 g/mol. The number of aromatic nitrogens is 1. The van der Waals surface area contributed by atoms with E-state index in [2.05, 4.69) is 10.1 Å². The van der Waals surface area contributed by atoms with Crippen molar-refractivity contribution in [2.24, 2.45) is 5.92 Å². The van der Waals surface area contributed by atoms with Crippen LogP contribution in [0.3, 0.4) is 0 Å². The molecule has 1 heterocycles. The highest BCUT2D eigenvalue weighted by atomic mass is 35.5. The Hall–Kier alpha value is -4.58. The number of carboxylic acid groups (broad SMARTS) is 1. The van der Waals surface area contributed by atoms with Crippen LogP contribution in [0.15, 0.2) is 66.9 Å². The van der Waals surface area contributed by atoms with Gasteiger partial charge in [0.1, 0.15) is 29.0 Å². The van der Waals surface area contributed by atoms with Gasteiger partial charge >= 0.3 is 12.3 Å². The molecule has 0 aliphatic rings. The second-order valence-electron chi connectivity index (χ2n) is 9.53. The first-order valence-electron chi connectivity index (χ1n) is 12.9. The lowest BCUT2D eigenvalue weighted by Crippen LogP contribution is -2.26. The number of methoxy groups -OCH3 is 2. The van der Waals surface area contributed by atoms with Crippen LogP contribution in [-0.2, 0) is 4.79 Å². The maximum absolute atomic E-state index is 14.2. The number of halogens is 4. The minimum absolute atomic E-state index is 0.116. The molecular weight excluding hydrogens is 593 g/mol. The standard InChI is InChI=1S/C30H28ClF3N2O7/c1-17(29(38)39)9-11-42-23-14-20(13-22(15-23)40-2)35-27(24-7-5-19(31)12-26(24)41-3)28(37)36-10-8-18-4-6-21(16-25(18)36)43-30(32,33)34/h4-8,10,12-17,27,35H,9,11H2,1-3H3,(H,38,39). The molecule has 43 heavy (non-hydrogen) atoms. The van der Waals surface area contributed by atoms with E-state index in [0.717, 1.165) is 12.1 Å². The van der Waals surface area contributed by atoms with Gasteiger partial charge in [-0.2, -0.15) is 0 Å². The number of alkyl halides is 3. The summed E-state index contributed by atoms with van der Waals surface area (Å²) >= 11 is 6.17. The zero-order valence-corrected chi connectivity index (χ0v) is 24.0. The highest BCUT2D eigenvalue weighted by molar-refractivity contribution is 6.30. The van der Waals surface area contributed by atoms with Crippen LogP contribution in [-0.4, -0.2) is 48.7 Å². The van der Waals surface area contributed by atoms with E-state index in [0.29, 0.717) is 33.2 Å². The van der Waals surface area contributed by atoms with E-state index in [1.54, 1.807) is 43.3 Å². The first kappa shape index (κ1) is 31.4. The van der Waals surface area contributed by atoms with Gasteiger partial charge in [-0.3, -0.25) is 14.2 Å². The van der Waals surface area contributed by atoms with Crippen LogP contribution < -0.4 is 24.3 Å². The molecule has 0 saturated carbocycles. The molecule has 0 saturated heterocycles. The zero-order valence-electron chi connectivity index (χ0n) is 23.3. The van der Waals surface area contributed by atoms with Crippen LogP contribution in [0.2, 0.25) is 5.02 Å². The Labute approximate surface area is 249 Å². The number of carboxylic acids is 1. The van der Waals surface area contributed by atoms with E-state index in [1.165, 1.54) is 37.1 Å². The van der Waals surface area contributed by atoms with E-state index >= 15 is 0 Å². The van der Waals surface area contributed by atoms with Crippen molar-refractivity contribution in [1.29, 1.82) is 0 Å². The summed E-state index contributed by atoms with van der Waals surface area (Å²) < 4.78 is 60.7. The van der Waals surface area contributed by atoms with E-state index in [1.807, 2.05) is 0 Å². The van der Waals surface area contributed by atoms with Gasteiger partial charge in [0.2, 0.25) is 0 Å². The van der Waals surface area contributed by atoms with Gasteiger partial charge in [0, 0.05) is 52.1 Å². The maximum atomic E-state index is 14.2. The molecule has 0 aliphatic carbocycles. The number of ether oxygens (including phenoxy) is 4. The summed E-state index contributed by atoms with van der Waals surface area (Å²) in [5.74, 6) is -1.55. The van der Waals surface area contributed by atoms with Gasteiger partial charge in [0.05, 0.1) is 32.3 Å². The summed E-state index contributed by atoms with van der Waals surface area (Å²) in [6.45, 7) is 1.69. The summed E-state index contributed by atoms with van der Waals surface area (Å²) in [6.07, 6.45) is -3.20. The number of benzene rings is 3. The van der Waals surface area contributed by atoms with Crippen LogP contribution in [0.4, 0.5) is 18.9 Å². The fourth-order valence-electron chi connectivity index (χ4n) is 4.33. The highest BCUT2D eigenvalue weighted by Crippen LogP contribution is 2.36. The van der Waals surface area contributed by atoms with E-state index in [-0.39, 0.29) is 24.3 Å². The first-order valence-corrected chi connectivity index (χ1v) is 13.3. The van der Waals surface area contributed by atoms with Crippen molar-refractivity contribution in [3.63, 3.8) is 0 Å². The van der Waals surface area contributed by atoms with Crippen molar-refractivity contribution in [1.82, 2.24) is 4.57 Å². The van der Waals surface area contributed by atoms with Crippen molar-refractivity contribution in [2.75, 3.05) is 26.1 Å². The molecule has 228 valence electrons. The summed E-state index contributed by atoms with van der Waals surface area (Å²) in [4.78, 5) is 25.3. The van der Waals surface area contributed by atoms with Crippen LogP contribution in [0.5, 0.6) is 23.0 Å². The lowest BCUT2D eigenvalue weighted by molar-refractivity contribution is -0.274. The summed E-state index contributed by atoms with van der Waals surface area (Å²) in [7, 11) is 2.87. The van der Waals surface area contributed by atoms with Gasteiger partial charge in [-0.05, 0) is 36.8 Å². The van der Waals surface area contributed by atoms with Crippen molar-refractivity contribution in [2.45, 2.75) is 25.7 Å². The Kier molecular flexibility index (Phi) is 9.59. The van der Waals surface area contributed by atoms with Crippen LogP contribution in [0, 0.1) is 5.92 Å². The average molecular weight is 621 g/mol. The van der Waals surface area contributed by atoms with Crippen molar-refractivity contribution in [3.05, 3.63) is 77.4 Å². The van der Waals surface area contributed by atoms with Crippen molar-refractivity contribution in [3.8, 4) is 23.0 Å². The number of carbonyl (C=O) groups excluding carboxylic acids is 1. The van der Waals surface area contributed by atoms with Crippen LogP contribution >= 0.6 is 11.6 Å². The topological polar surface area (TPSA) is 108 Å². The molecule has 4 rings (SSSR count). The minimum Gasteiger partial charge on any atom is -0.497 e. The molecule has 0 amide bonds. The number of fused-ring (bicyclic) bond motifs is 1. The number of nitrogens with zero attached hydrogens (tertiary/aromatic N) is 1. The smallest absolute Gasteiger partial charge is 0.497 e. The Morgan fingerprint density at radius 1 is 0.977 bits per heavy atom. The third-order valence-corrected chi connectivity index (χ3v) is 6.79. The molecule has 1 aromatic heterocycles. The number of nitrogens with one attached hydrogen (secondary N) is 1. The Morgan fingerprint density at radius 2 is 1.72 bits per heavy atom. The summed E-state index contributed by atoms with van der Waals surface area (Å²) in [6, 6.07) is 13.7. The molecule has 9 nitrogen and oxygen atoms in total. The minimum atomic E-state index is -4.91. The number of hydrogen-bond donors (Lipinski definition) is 2. The summed E-state index contributed by atoms with van der Waals surface area (Å²) in [5, 5.41) is 13.2. The van der Waals surface area contributed by atoms with E-state index in [9.17, 15) is 22.8 Å². The lowest BCUT2D eigenvalue weighted by Gasteiger charge is -2.23. The summed E-state index contributed by atoms with van der Waals surface area (Å²) in [5.41, 5.74) is 0.976. The van der Waals surface area contributed by atoms with E-state index < -0.39 is 35.9 Å². The van der Waals surface area contributed by atoms with Gasteiger partial charge in [0.25, 0.3) is 5.91 Å². The van der Waals surface area contributed by atoms with Gasteiger partial charge in [0.15, 0.2) is 0 Å². The third kappa shape index (κ3) is 7.83. The number of rotatable bonds is 12. The maximum Gasteiger partial charge on any atom is 0.573 e. The number of hydrogen-bond acceptors (Lipinski definition) is 7. The number of aliphatic carboxylic acids is 1. The predicted octanol–water partition coefficient (Wildman–Crippen LogP) is 7.19. The van der Waals surface area contributed by atoms with Gasteiger partial charge in [-0.25, -0.2) is 0 Å². The molecular formula is C30H28ClF3N2O7. The van der Waals surface area contributed by atoms with Crippen LogP contribution in [0.25, 0.3) is 10.9 Å². The predicted molar refractivity (Wildman–Crippen MR) is 154 cm³/mol. The molecule has 2 atom stereocenters. The molecule has 2 unspecified atom stereocenters. The van der Waals surface area contributed by atoms with Crippen LogP contribution in [0.1, 0.15) is 29.7 Å². The third-order valence-electron chi connectivity index (χ3n) is 6.56. The fraction of sp³-hybridized carbons (Fsp3) is 0.267. The number of anilines is 1. The van der Waals surface area contributed by atoms with E-state index in [4.69, 9.17) is 30.9 Å². The molecule has 0 aliphatic heterocycles. The number of carbonyl (C=O) groups is 2. The quantitative estimate of drug-likeness (QED) is 0.171. The van der Waals surface area contributed by atoms with Crippen molar-refractivity contribution >= 4 is 40.1 Å². The van der Waals surface area contributed by atoms with Crippen molar-refractivity contribution < 1.29 is 46.8 Å². The average Bonchev–Trinajstić information content (AvgIpc) is 3.37. The molecule has 13 heteroatoms. The second-order valence-corrected chi connectivity index (χ2v) is 9.97. The van der Waals surface area contributed by atoms with Gasteiger partial charge in [-0.15, -0.1) is 13.2 Å². The normalized spacial score (nSPS) is 12.8. The molecule has 0 radical (unpaired) electrons. The Balaban J connectivity index is 1.74. The Morgan fingerprint density at radius 3 is 2.40 bits per heavy atom. The molecule has 4 aromatic rings. The second kappa shape index (κ2) is 13.2.